The van der Waals surface area contributed by atoms with E-state index >= 15 is 0 Å². The van der Waals surface area contributed by atoms with Crippen LogP contribution in [0.25, 0.3) is 0 Å². The Morgan fingerprint density at radius 1 is 1.59 bits per heavy atom. The summed E-state index contributed by atoms with van der Waals surface area (Å²) in [7, 11) is 1.71. The van der Waals surface area contributed by atoms with Crippen LogP contribution in [0, 0.1) is 0 Å². The highest BCUT2D eigenvalue weighted by Crippen LogP contribution is 2.33. The normalized spacial score (nSPS) is 16.8. The molecule has 0 aliphatic heterocycles. The number of nitrogens with two attached hydrogens (primary N) is 1. The first kappa shape index (κ1) is 14.7. The minimum Gasteiger partial charge on any atom is -0.376 e. The van der Waals surface area contributed by atoms with Gasteiger partial charge >= 0.3 is 0 Å². The Labute approximate surface area is 112 Å². The molecule has 0 radical (unpaired) electrons. The van der Waals surface area contributed by atoms with Gasteiger partial charge in [-0.3, -0.25) is 4.68 Å². The number of halogens is 1. The second kappa shape index (κ2) is 5.98. The van der Waals surface area contributed by atoms with E-state index in [9.17, 15) is 0 Å². The van der Waals surface area contributed by atoms with E-state index in [0.717, 1.165) is 29.6 Å². The van der Waals surface area contributed by atoms with Crippen LogP contribution >= 0.6 is 15.9 Å². The molecule has 2 N–H and O–H groups in total. The number of aromatic nitrogens is 2. The SMILES string of the molecule is CCCn1ncc(Br)c1C(N)C(C)(CC)OC. The molecular formula is C12H22BrN3O. The molecule has 0 aliphatic rings. The third kappa shape index (κ3) is 2.89. The lowest BCUT2D eigenvalue weighted by Gasteiger charge is -2.33. The van der Waals surface area contributed by atoms with Crippen LogP contribution in [0.4, 0.5) is 0 Å². The Kier molecular flexibility index (Phi) is 5.16. The fourth-order valence-electron chi connectivity index (χ4n) is 1.85. The molecule has 1 rings (SSSR count). The summed E-state index contributed by atoms with van der Waals surface area (Å²) in [5.41, 5.74) is 7.00. The summed E-state index contributed by atoms with van der Waals surface area (Å²) in [5, 5.41) is 4.34. The van der Waals surface area contributed by atoms with Gasteiger partial charge in [0, 0.05) is 13.7 Å². The molecule has 2 atom stereocenters. The molecule has 4 nitrogen and oxygen atoms in total. The quantitative estimate of drug-likeness (QED) is 0.879. The molecule has 0 fully saturated rings. The third-order valence-electron chi connectivity index (χ3n) is 3.39. The molecular weight excluding hydrogens is 282 g/mol. The minimum atomic E-state index is -0.367. The molecule has 1 aromatic rings. The first-order valence-corrected chi connectivity index (χ1v) is 6.81. The Morgan fingerprint density at radius 3 is 2.71 bits per heavy atom. The van der Waals surface area contributed by atoms with Crippen LogP contribution in [0.15, 0.2) is 10.7 Å². The third-order valence-corrected chi connectivity index (χ3v) is 4.00. The van der Waals surface area contributed by atoms with Gasteiger partial charge in [-0.15, -0.1) is 0 Å². The minimum absolute atomic E-state index is 0.194. The van der Waals surface area contributed by atoms with E-state index in [-0.39, 0.29) is 11.6 Å². The maximum atomic E-state index is 6.36. The van der Waals surface area contributed by atoms with E-state index in [1.165, 1.54) is 0 Å². The largest absolute Gasteiger partial charge is 0.376 e. The summed E-state index contributed by atoms with van der Waals surface area (Å²) in [6.45, 7) is 7.11. The number of ether oxygens (including phenoxy) is 1. The van der Waals surface area contributed by atoms with Crippen LogP contribution < -0.4 is 5.73 Å². The summed E-state index contributed by atoms with van der Waals surface area (Å²) < 4.78 is 8.49. The van der Waals surface area contributed by atoms with Crippen molar-refractivity contribution in [3.8, 4) is 0 Å². The summed E-state index contributed by atoms with van der Waals surface area (Å²) in [6, 6.07) is -0.194. The maximum Gasteiger partial charge on any atom is 0.0855 e. The molecule has 1 heterocycles. The average molecular weight is 304 g/mol. The van der Waals surface area contributed by atoms with E-state index in [0.29, 0.717) is 0 Å². The monoisotopic (exact) mass is 303 g/mol. The van der Waals surface area contributed by atoms with Gasteiger partial charge in [-0.25, -0.2) is 0 Å². The highest BCUT2D eigenvalue weighted by Gasteiger charge is 2.34. The number of methoxy groups -OCH3 is 1. The topological polar surface area (TPSA) is 53.1 Å². The number of rotatable bonds is 6. The molecule has 1 aromatic heterocycles. The van der Waals surface area contributed by atoms with Crippen LogP contribution in [0.5, 0.6) is 0 Å². The number of hydrogen-bond acceptors (Lipinski definition) is 3. The Balaban J connectivity index is 3.09. The van der Waals surface area contributed by atoms with Crippen molar-refractivity contribution in [2.45, 2.75) is 51.8 Å². The van der Waals surface area contributed by atoms with E-state index in [1.807, 2.05) is 11.6 Å². The molecule has 0 saturated carbocycles. The fraction of sp³-hybridized carbons (Fsp3) is 0.750. The van der Waals surface area contributed by atoms with Crippen molar-refractivity contribution < 1.29 is 4.74 Å². The highest BCUT2D eigenvalue weighted by atomic mass is 79.9. The van der Waals surface area contributed by atoms with E-state index < -0.39 is 0 Å². The van der Waals surface area contributed by atoms with Crippen LogP contribution in [0.1, 0.15) is 45.3 Å². The molecule has 0 spiro atoms. The molecule has 0 bridgehead atoms. The van der Waals surface area contributed by atoms with Gasteiger partial charge in [0.05, 0.1) is 28.0 Å². The molecule has 0 aliphatic carbocycles. The van der Waals surface area contributed by atoms with Crippen molar-refractivity contribution in [2.24, 2.45) is 5.73 Å². The zero-order chi connectivity index (χ0) is 13.1. The second-order valence-corrected chi connectivity index (χ2v) is 5.30. The maximum absolute atomic E-state index is 6.36. The standard InChI is InChI=1S/C12H22BrN3O/c1-5-7-16-10(9(13)8-15-16)11(14)12(3,6-2)17-4/h8,11H,5-7,14H2,1-4H3. The summed E-state index contributed by atoms with van der Waals surface area (Å²) in [6.07, 6.45) is 3.69. The first-order chi connectivity index (χ1) is 8.00. The molecule has 5 heteroatoms. The van der Waals surface area contributed by atoms with E-state index in [4.69, 9.17) is 10.5 Å². The van der Waals surface area contributed by atoms with Crippen LogP contribution in [0.2, 0.25) is 0 Å². The second-order valence-electron chi connectivity index (χ2n) is 4.45. The van der Waals surface area contributed by atoms with Gasteiger partial charge in [0.2, 0.25) is 0 Å². The van der Waals surface area contributed by atoms with Gasteiger partial charge in [-0.1, -0.05) is 13.8 Å². The fourth-order valence-corrected chi connectivity index (χ4v) is 2.39. The average Bonchev–Trinajstić information content (AvgIpc) is 2.69. The molecule has 17 heavy (non-hydrogen) atoms. The molecule has 0 aromatic carbocycles. The summed E-state index contributed by atoms with van der Waals surface area (Å²) in [4.78, 5) is 0. The molecule has 0 saturated heterocycles. The zero-order valence-corrected chi connectivity index (χ0v) is 12.6. The summed E-state index contributed by atoms with van der Waals surface area (Å²) >= 11 is 3.52. The van der Waals surface area contributed by atoms with Crippen molar-refractivity contribution >= 4 is 15.9 Å². The zero-order valence-electron chi connectivity index (χ0n) is 11.0. The predicted octanol–water partition coefficient (Wildman–Crippen LogP) is 2.87. The lowest BCUT2D eigenvalue weighted by Crippen LogP contribution is -2.41. The first-order valence-electron chi connectivity index (χ1n) is 6.02. The number of nitrogens with zero attached hydrogens (tertiary/aromatic N) is 2. The lowest BCUT2D eigenvalue weighted by molar-refractivity contribution is -0.0217. The number of hydrogen-bond donors (Lipinski definition) is 1. The van der Waals surface area contributed by atoms with Crippen LogP contribution in [-0.4, -0.2) is 22.5 Å². The van der Waals surface area contributed by atoms with Crippen molar-refractivity contribution in [3.63, 3.8) is 0 Å². The Hall–Kier alpha value is -0.390. The van der Waals surface area contributed by atoms with Gasteiger partial charge in [0.15, 0.2) is 0 Å². The summed E-state index contributed by atoms with van der Waals surface area (Å²) in [5.74, 6) is 0. The van der Waals surface area contributed by atoms with E-state index in [2.05, 4.69) is 34.9 Å². The van der Waals surface area contributed by atoms with Crippen molar-refractivity contribution in [1.82, 2.24) is 9.78 Å². The molecule has 98 valence electrons. The van der Waals surface area contributed by atoms with Crippen LogP contribution in [-0.2, 0) is 11.3 Å². The highest BCUT2D eigenvalue weighted by molar-refractivity contribution is 9.10. The van der Waals surface area contributed by atoms with Gasteiger partial charge in [0.1, 0.15) is 0 Å². The smallest absolute Gasteiger partial charge is 0.0855 e. The van der Waals surface area contributed by atoms with Crippen molar-refractivity contribution in [2.75, 3.05) is 7.11 Å². The van der Waals surface area contributed by atoms with Gasteiger partial charge in [0.25, 0.3) is 0 Å². The van der Waals surface area contributed by atoms with E-state index in [1.54, 1.807) is 13.3 Å². The molecule has 2 unspecified atom stereocenters. The lowest BCUT2D eigenvalue weighted by atomic mass is 9.91. The van der Waals surface area contributed by atoms with Gasteiger partial charge in [-0.05, 0) is 35.7 Å². The Morgan fingerprint density at radius 2 is 2.24 bits per heavy atom. The van der Waals surface area contributed by atoms with Gasteiger partial charge < -0.3 is 10.5 Å². The molecule has 0 amide bonds. The Bertz CT molecular complexity index is 361. The van der Waals surface area contributed by atoms with Crippen molar-refractivity contribution in [1.29, 1.82) is 0 Å². The van der Waals surface area contributed by atoms with Crippen LogP contribution in [0.3, 0.4) is 0 Å². The van der Waals surface area contributed by atoms with Gasteiger partial charge in [-0.2, -0.15) is 5.10 Å². The van der Waals surface area contributed by atoms with Crippen molar-refractivity contribution in [3.05, 3.63) is 16.4 Å². The predicted molar refractivity (Wildman–Crippen MR) is 72.9 cm³/mol. The number of aryl methyl sites for hydroxylation is 1.